The summed E-state index contributed by atoms with van der Waals surface area (Å²) in [4.78, 5) is 26.0. The van der Waals surface area contributed by atoms with E-state index in [-0.39, 0.29) is 23.6 Å². The van der Waals surface area contributed by atoms with Gasteiger partial charge in [0.05, 0.1) is 0 Å². The molecule has 0 aromatic carbocycles. The molecule has 0 N–H and O–H groups in total. The molecule has 0 unspecified atom stereocenters. The number of amides is 1. The van der Waals surface area contributed by atoms with Crippen LogP contribution in [0, 0.1) is 0 Å². The molecule has 1 aliphatic rings. The lowest BCUT2D eigenvalue weighted by Crippen LogP contribution is -2.47. The van der Waals surface area contributed by atoms with Crippen molar-refractivity contribution in [3.05, 3.63) is 34.2 Å². The van der Waals surface area contributed by atoms with Crippen molar-refractivity contribution in [2.45, 2.75) is 45.2 Å². The van der Waals surface area contributed by atoms with Crippen molar-refractivity contribution < 1.29 is 4.79 Å². The van der Waals surface area contributed by atoms with Crippen LogP contribution < -0.4 is 5.56 Å². The van der Waals surface area contributed by atoms with Gasteiger partial charge in [0.15, 0.2) is 0 Å². The Morgan fingerprint density at radius 2 is 1.89 bits per heavy atom. The van der Waals surface area contributed by atoms with Gasteiger partial charge in [0.1, 0.15) is 0 Å². The first kappa shape index (κ1) is 12.9. The molecule has 0 radical (unpaired) electrons. The van der Waals surface area contributed by atoms with Crippen molar-refractivity contribution in [1.82, 2.24) is 9.47 Å². The lowest BCUT2D eigenvalue weighted by molar-refractivity contribution is 0.0510. The summed E-state index contributed by atoms with van der Waals surface area (Å²) in [5.41, 5.74) is 0.358. The number of piperidine rings is 1. The van der Waals surface area contributed by atoms with E-state index in [2.05, 4.69) is 13.8 Å². The minimum Gasteiger partial charge on any atom is -0.333 e. The molecule has 2 atom stereocenters. The van der Waals surface area contributed by atoms with Crippen LogP contribution in [-0.4, -0.2) is 27.5 Å². The number of aryl methyl sites for hydroxylation is 1. The predicted octanol–water partition coefficient (Wildman–Crippen LogP) is 1.79. The average molecular weight is 248 g/mol. The number of aromatic nitrogens is 1. The first-order valence-corrected chi connectivity index (χ1v) is 6.50. The lowest BCUT2D eigenvalue weighted by Gasteiger charge is -2.39. The Morgan fingerprint density at radius 1 is 1.28 bits per heavy atom. The minimum absolute atomic E-state index is 0.0209. The quantitative estimate of drug-likeness (QED) is 0.760. The summed E-state index contributed by atoms with van der Waals surface area (Å²) in [5, 5.41) is 0. The van der Waals surface area contributed by atoms with Crippen molar-refractivity contribution >= 4 is 5.91 Å². The maximum absolute atomic E-state index is 12.5. The van der Waals surface area contributed by atoms with Crippen LogP contribution in [0.25, 0.3) is 0 Å². The Morgan fingerprint density at radius 3 is 2.44 bits per heavy atom. The third kappa shape index (κ3) is 2.33. The Balaban J connectivity index is 2.29. The van der Waals surface area contributed by atoms with Gasteiger partial charge in [-0.15, -0.1) is 0 Å². The molecule has 18 heavy (non-hydrogen) atoms. The minimum atomic E-state index is -0.141. The van der Waals surface area contributed by atoms with Crippen LogP contribution in [0.15, 0.2) is 23.1 Å². The molecular formula is C14H20N2O2. The maximum atomic E-state index is 12.5. The summed E-state index contributed by atoms with van der Waals surface area (Å²) >= 11 is 0. The summed E-state index contributed by atoms with van der Waals surface area (Å²) < 4.78 is 1.47. The zero-order chi connectivity index (χ0) is 13.3. The zero-order valence-corrected chi connectivity index (χ0v) is 11.2. The van der Waals surface area contributed by atoms with E-state index in [1.807, 2.05) is 4.90 Å². The van der Waals surface area contributed by atoms with Crippen LogP contribution in [0.3, 0.4) is 0 Å². The second kappa shape index (κ2) is 4.96. The fraction of sp³-hybridized carbons (Fsp3) is 0.571. The summed E-state index contributed by atoms with van der Waals surface area (Å²) in [5.74, 6) is -0.0209. The molecule has 1 aliphatic heterocycles. The number of pyridine rings is 1. The van der Waals surface area contributed by atoms with Crippen molar-refractivity contribution in [2.24, 2.45) is 7.05 Å². The van der Waals surface area contributed by atoms with E-state index in [9.17, 15) is 9.59 Å². The van der Waals surface area contributed by atoms with E-state index in [0.29, 0.717) is 5.56 Å². The molecule has 1 amide bonds. The predicted molar refractivity (Wildman–Crippen MR) is 70.6 cm³/mol. The zero-order valence-electron chi connectivity index (χ0n) is 11.2. The lowest BCUT2D eigenvalue weighted by atomic mass is 9.96. The molecule has 4 nitrogen and oxygen atoms in total. The van der Waals surface area contributed by atoms with E-state index in [1.54, 1.807) is 19.3 Å². The van der Waals surface area contributed by atoms with Gasteiger partial charge in [-0.25, -0.2) is 0 Å². The number of carbonyl (C=O) groups excluding carboxylic acids is 1. The number of hydrogen-bond acceptors (Lipinski definition) is 2. The van der Waals surface area contributed by atoms with E-state index in [1.165, 1.54) is 17.1 Å². The van der Waals surface area contributed by atoms with Crippen LogP contribution in [0.4, 0.5) is 0 Å². The van der Waals surface area contributed by atoms with Gasteiger partial charge in [-0.05, 0) is 39.2 Å². The fourth-order valence-corrected chi connectivity index (χ4v) is 2.65. The Hall–Kier alpha value is -1.58. The third-order valence-corrected chi connectivity index (χ3v) is 3.78. The largest absolute Gasteiger partial charge is 0.333 e. The average Bonchev–Trinajstić information content (AvgIpc) is 2.32. The third-order valence-electron chi connectivity index (χ3n) is 3.78. The monoisotopic (exact) mass is 248 g/mol. The number of likely N-dealkylation sites (tertiary alicyclic amines) is 1. The number of carbonyl (C=O) groups is 1. The molecule has 0 bridgehead atoms. The van der Waals surface area contributed by atoms with Gasteiger partial charge in [0.2, 0.25) is 0 Å². The van der Waals surface area contributed by atoms with E-state index in [4.69, 9.17) is 0 Å². The number of rotatable bonds is 1. The van der Waals surface area contributed by atoms with Gasteiger partial charge in [0, 0.05) is 37.0 Å². The number of nitrogens with zero attached hydrogens (tertiary/aromatic N) is 2. The smallest absolute Gasteiger partial charge is 0.254 e. The summed E-state index contributed by atoms with van der Waals surface area (Å²) in [7, 11) is 1.68. The van der Waals surface area contributed by atoms with Crippen LogP contribution in [0.5, 0.6) is 0 Å². The second-order valence-corrected chi connectivity index (χ2v) is 5.21. The van der Waals surface area contributed by atoms with Crippen LogP contribution in [-0.2, 0) is 7.05 Å². The molecule has 98 valence electrons. The standard InChI is InChI=1S/C14H20N2O2/c1-10-5-4-6-11(2)16(10)14(18)12-7-8-15(3)13(17)9-12/h7-11H,4-6H2,1-3H3/t10-,11+. The Kier molecular flexibility index (Phi) is 3.55. The van der Waals surface area contributed by atoms with Crippen molar-refractivity contribution in [1.29, 1.82) is 0 Å². The number of hydrogen-bond donors (Lipinski definition) is 0. The summed E-state index contributed by atoms with van der Waals surface area (Å²) in [6, 6.07) is 3.66. The highest BCUT2D eigenvalue weighted by atomic mass is 16.2. The molecule has 1 aromatic rings. The fourth-order valence-electron chi connectivity index (χ4n) is 2.65. The van der Waals surface area contributed by atoms with Gasteiger partial charge < -0.3 is 9.47 Å². The van der Waals surface area contributed by atoms with Gasteiger partial charge >= 0.3 is 0 Å². The van der Waals surface area contributed by atoms with Crippen LogP contribution in [0.2, 0.25) is 0 Å². The summed E-state index contributed by atoms with van der Waals surface area (Å²) in [6.07, 6.45) is 4.90. The topological polar surface area (TPSA) is 42.3 Å². The molecule has 1 fully saturated rings. The molecule has 2 heterocycles. The molecule has 1 saturated heterocycles. The highest BCUT2D eigenvalue weighted by molar-refractivity contribution is 5.94. The van der Waals surface area contributed by atoms with Gasteiger partial charge in [0.25, 0.3) is 11.5 Å². The van der Waals surface area contributed by atoms with Crippen molar-refractivity contribution in [3.63, 3.8) is 0 Å². The van der Waals surface area contributed by atoms with E-state index < -0.39 is 0 Å². The van der Waals surface area contributed by atoms with Gasteiger partial charge in [-0.1, -0.05) is 0 Å². The molecule has 0 aliphatic carbocycles. The highest BCUT2D eigenvalue weighted by Crippen LogP contribution is 2.24. The Labute approximate surface area is 107 Å². The molecule has 1 aromatic heterocycles. The first-order valence-electron chi connectivity index (χ1n) is 6.50. The van der Waals surface area contributed by atoms with E-state index >= 15 is 0 Å². The molecule has 2 rings (SSSR count). The molecule has 0 spiro atoms. The SMILES string of the molecule is C[C@@H]1CCC[C@H](C)N1C(=O)c1ccn(C)c(=O)c1. The highest BCUT2D eigenvalue weighted by Gasteiger charge is 2.29. The first-order chi connectivity index (χ1) is 8.50. The molecule has 0 saturated carbocycles. The van der Waals surface area contributed by atoms with E-state index in [0.717, 1.165) is 12.8 Å². The van der Waals surface area contributed by atoms with Crippen LogP contribution >= 0.6 is 0 Å². The van der Waals surface area contributed by atoms with Crippen molar-refractivity contribution in [3.8, 4) is 0 Å². The van der Waals surface area contributed by atoms with Crippen LogP contribution in [0.1, 0.15) is 43.5 Å². The Bertz CT molecular complexity index is 497. The molecular weight excluding hydrogens is 228 g/mol. The van der Waals surface area contributed by atoms with Gasteiger partial charge in [-0.3, -0.25) is 9.59 Å². The summed E-state index contributed by atoms with van der Waals surface area (Å²) in [6.45, 7) is 4.16. The normalized spacial score (nSPS) is 24.1. The van der Waals surface area contributed by atoms with Gasteiger partial charge in [-0.2, -0.15) is 0 Å². The van der Waals surface area contributed by atoms with Crippen molar-refractivity contribution in [2.75, 3.05) is 0 Å². The molecule has 4 heteroatoms. The maximum Gasteiger partial charge on any atom is 0.254 e. The second-order valence-electron chi connectivity index (χ2n) is 5.21.